The van der Waals surface area contributed by atoms with E-state index in [1.54, 1.807) is 6.92 Å². The van der Waals surface area contributed by atoms with Crippen molar-refractivity contribution < 1.29 is 23.9 Å². The highest BCUT2D eigenvalue weighted by Crippen LogP contribution is 2.22. The second-order valence-electron chi connectivity index (χ2n) is 8.68. The number of hydrogen-bond donors (Lipinski definition) is 0. The molecule has 32 heavy (non-hydrogen) atoms. The molecule has 1 aliphatic rings. The maximum absolute atomic E-state index is 12.4. The fraction of sp³-hybridized carbons (Fsp3) is 0.654. The molecule has 0 radical (unpaired) electrons. The topological polar surface area (TPSA) is 74.2 Å². The van der Waals surface area contributed by atoms with Crippen LogP contribution in [0.3, 0.4) is 0 Å². The van der Waals surface area contributed by atoms with Gasteiger partial charge in [0, 0.05) is 6.42 Å². The minimum absolute atomic E-state index is 0.126. The Bertz CT molecular complexity index is 759. The first-order valence-corrected chi connectivity index (χ1v) is 12.1. The minimum Gasteiger partial charge on any atom is -0.479 e. The fourth-order valence-electron chi connectivity index (χ4n) is 3.68. The molecule has 0 bridgehead atoms. The molecule has 6 heteroatoms. The summed E-state index contributed by atoms with van der Waals surface area (Å²) >= 11 is 0. The molecule has 1 heterocycles. The fourth-order valence-corrected chi connectivity index (χ4v) is 3.68. The van der Waals surface area contributed by atoms with E-state index in [1.165, 1.54) is 25.7 Å². The van der Waals surface area contributed by atoms with Gasteiger partial charge in [-0.2, -0.15) is 0 Å². The van der Waals surface area contributed by atoms with Gasteiger partial charge in [0.1, 0.15) is 5.75 Å². The molecule has 1 aromatic carbocycles. The van der Waals surface area contributed by atoms with Crippen molar-refractivity contribution in [2.24, 2.45) is 5.16 Å². The number of hydrogen-bond acceptors (Lipinski definition) is 6. The number of ether oxygens (including phenoxy) is 2. The summed E-state index contributed by atoms with van der Waals surface area (Å²) in [6.07, 6.45) is 10.8. The van der Waals surface area contributed by atoms with Gasteiger partial charge in [0.25, 0.3) is 0 Å². The first-order valence-electron chi connectivity index (χ1n) is 12.1. The van der Waals surface area contributed by atoms with Crippen LogP contribution in [0.4, 0.5) is 0 Å². The number of esters is 1. The average Bonchev–Trinajstić information content (AvgIpc) is 2.77. The van der Waals surface area contributed by atoms with E-state index in [4.69, 9.17) is 14.3 Å². The molecule has 0 aliphatic carbocycles. The maximum Gasteiger partial charge on any atom is 0.374 e. The van der Waals surface area contributed by atoms with Gasteiger partial charge in [-0.15, -0.1) is 0 Å². The van der Waals surface area contributed by atoms with Crippen molar-refractivity contribution in [2.75, 3.05) is 6.61 Å². The van der Waals surface area contributed by atoms with E-state index in [0.717, 1.165) is 48.9 Å². The van der Waals surface area contributed by atoms with Gasteiger partial charge in [0.2, 0.25) is 0 Å². The quantitative estimate of drug-likeness (QED) is 0.313. The van der Waals surface area contributed by atoms with Crippen molar-refractivity contribution in [2.45, 2.75) is 104 Å². The van der Waals surface area contributed by atoms with E-state index in [2.05, 4.69) is 5.16 Å². The van der Waals surface area contributed by atoms with Crippen molar-refractivity contribution in [3.8, 4) is 5.75 Å². The smallest absolute Gasteiger partial charge is 0.374 e. The molecule has 1 saturated heterocycles. The molecule has 2 rings (SSSR count). The van der Waals surface area contributed by atoms with Gasteiger partial charge in [0.05, 0.1) is 12.3 Å². The average molecular weight is 446 g/mol. The van der Waals surface area contributed by atoms with Crippen molar-refractivity contribution in [3.63, 3.8) is 0 Å². The van der Waals surface area contributed by atoms with Crippen molar-refractivity contribution in [1.29, 1.82) is 0 Å². The highest BCUT2D eigenvalue weighted by atomic mass is 16.7. The number of rotatable bonds is 4. The van der Waals surface area contributed by atoms with Crippen LogP contribution < -0.4 is 4.74 Å². The van der Waals surface area contributed by atoms with Gasteiger partial charge >= 0.3 is 11.9 Å². The van der Waals surface area contributed by atoms with E-state index >= 15 is 0 Å². The predicted octanol–water partition coefficient (Wildman–Crippen LogP) is 6.21. The van der Waals surface area contributed by atoms with Crippen molar-refractivity contribution in [3.05, 3.63) is 29.3 Å². The lowest BCUT2D eigenvalue weighted by Crippen LogP contribution is -2.25. The summed E-state index contributed by atoms with van der Waals surface area (Å²) in [5.74, 6) is 0.0324. The third kappa shape index (κ3) is 9.84. The molecule has 1 atom stereocenters. The normalized spacial score (nSPS) is 19.7. The molecule has 1 aromatic rings. The Labute approximate surface area is 192 Å². The monoisotopic (exact) mass is 445 g/mol. The molecule has 178 valence electrons. The van der Waals surface area contributed by atoms with E-state index in [0.29, 0.717) is 31.6 Å². The van der Waals surface area contributed by atoms with Crippen LogP contribution in [0, 0.1) is 13.8 Å². The Morgan fingerprint density at radius 1 is 0.938 bits per heavy atom. The highest BCUT2D eigenvalue weighted by molar-refractivity contribution is 5.85. The number of cyclic esters (lactones) is 1. The highest BCUT2D eigenvalue weighted by Gasteiger charge is 2.18. The molecular formula is C26H39NO5. The number of nitrogens with zero attached hydrogens (tertiary/aromatic N) is 1. The lowest BCUT2D eigenvalue weighted by Gasteiger charge is -2.15. The van der Waals surface area contributed by atoms with Crippen LogP contribution in [0.5, 0.6) is 5.75 Å². The summed E-state index contributed by atoms with van der Waals surface area (Å²) in [7, 11) is 0. The zero-order valence-electron chi connectivity index (χ0n) is 20.0. The van der Waals surface area contributed by atoms with Gasteiger partial charge in [0.15, 0.2) is 6.10 Å². The molecule has 1 unspecified atom stereocenters. The van der Waals surface area contributed by atoms with Crippen LogP contribution in [0.1, 0.15) is 95.1 Å². The van der Waals surface area contributed by atoms with Crippen molar-refractivity contribution in [1.82, 2.24) is 0 Å². The van der Waals surface area contributed by atoms with Gasteiger partial charge in [-0.25, -0.2) is 4.79 Å². The third-order valence-corrected chi connectivity index (χ3v) is 5.92. The van der Waals surface area contributed by atoms with Crippen molar-refractivity contribution >= 4 is 17.7 Å². The SMILES string of the molecule is Cc1cccc(OC(C)C(=O)O/N=C2\CCCCCCCCCCC(=O)OCCC2)c1C. The maximum atomic E-state index is 12.4. The molecule has 0 amide bonds. The Morgan fingerprint density at radius 2 is 1.56 bits per heavy atom. The predicted molar refractivity (Wildman–Crippen MR) is 126 cm³/mol. The number of oxime groups is 1. The summed E-state index contributed by atoms with van der Waals surface area (Å²) in [5.41, 5.74) is 2.95. The summed E-state index contributed by atoms with van der Waals surface area (Å²) < 4.78 is 11.1. The summed E-state index contributed by atoms with van der Waals surface area (Å²) in [5, 5.41) is 4.15. The number of carbonyl (C=O) groups excluding carboxylic acids is 2. The largest absolute Gasteiger partial charge is 0.479 e. The van der Waals surface area contributed by atoms with Gasteiger partial charge in [-0.1, -0.05) is 55.8 Å². The molecule has 0 spiro atoms. The van der Waals surface area contributed by atoms with E-state index in [-0.39, 0.29) is 5.97 Å². The summed E-state index contributed by atoms with van der Waals surface area (Å²) in [4.78, 5) is 29.5. The molecular weight excluding hydrogens is 406 g/mol. The second-order valence-corrected chi connectivity index (χ2v) is 8.68. The van der Waals surface area contributed by atoms with Gasteiger partial charge in [-0.3, -0.25) is 4.79 Å². The molecule has 1 aliphatic heterocycles. The first-order chi connectivity index (χ1) is 15.5. The zero-order valence-corrected chi connectivity index (χ0v) is 20.0. The Kier molecular flexibility index (Phi) is 11.8. The number of carbonyl (C=O) groups is 2. The summed E-state index contributed by atoms with van der Waals surface area (Å²) in [6, 6.07) is 5.76. The Hall–Kier alpha value is -2.37. The standard InChI is InChI=1S/C26H39NO5/c1-20-14-12-17-24(21(20)2)31-22(3)26(29)32-27-23-15-10-8-6-4-5-7-9-11-18-25(28)30-19-13-16-23/h12,14,17,22H,4-11,13,15-16,18-19H2,1-3H3/b27-23+. The van der Waals surface area contributed by atoms with Crippen LogP contribution in [-0.2, 0) is 19.2 Å². The second kappa shape index (κ2) is 14.6. The van der Waals surface area contributed by atoms with Gasteiger partial charge in [-0.05, 0) is 70.1 Å². The first kappa shape index (κ1) is 25.9. The Morgan fingerprint density at radius 3 is 2.28 bits per heavy atom. The van der Waals surface area contributed by atoms with Crippen LogP contribution in [-0.4, -0.2) is 30.4 Å². The lowest BCUT2D eigenvalue weighted by molar-refractivity contribution is -0.151. The molecule has 6 nitrogen and oxygen atoms in total. The lowest BCUT2D eigenvalue weighted by atomic mass is 10.0. The molecule has 1 fully saturated rings. The van der Waals surface area contributed by atoms with Crippen LogP contribution in [0.2, 0.25) is 0 Å². The number of aryl methyl sites for hydroxylation is 1. The van der Waals surface area contributed by atoms with E-state index in [9.17, 15) is 9.59 Å². The van der Waals surface area contributed by atoms with Crippen LogP contribution in [0.25, 0.3) is 0 Å². The van der Waals surface area contributed by atoms with Gasteiger partial charge < -0.3 is 14.3 Å². The third-order valence-electron chi connectivity index (χ3n) is 5.92. The molecule has 0 aromatic heterocycles. The van der Waals surface area contributed by atoms with Crippen LogP contribution >= 0.6 is 0 Å². The molecule has 0 saturated carbocycles. The van der Waals surface area contributed by atoms with Crippen LogP contribution in [0.15, 0.2) is 23.4 Å². The number of benzene rings is 1. The van der Waals surface area contributed by atoms with E-state index < -0.39 is 12.1 Å². The summed E-state index contributed by atoms with van der Waals surface area (Å²) in [6.45, 7) is 6.01. The zero-order chi connectivity index (χ0) is 23.2. The Balaban J connectivity index is 1.89. The minimum atomic E-state index is -0.757. The molecule has 0 N–H and O–H groups in total. The van der Waals surface area contributed by atoms with E-state index in [1.807, 2.05) is 32.0 Å².